The van der Waals surface area contributed by atoms with Crippen LogP contribution in [0.5, 0.6) is 0 Å². The topological polar surface area (TPSA) is 39.7 Å². The van der Waals surface area contributed by atoms with E-state index in [1.807, 2.05) is 0 Å². The van der Waals surface area contributed by atoms with Crippen LogP contribution in [0.2, 0.25) is 0 Å². The second kappa shape index (κ2) is 3.67. The van der Waals surface area contributed by atoms with E-state index >= 15 is 0 Å². The summed E-state index contributed by atoms with van der Waals surface area (Å²) in [5.41, 5.74) is 0. The van der Waals surface area contributed by atoms with Gasteiger partial charge in [-0.05, 0) is 25.7 Å². The monoisotopic (exact) mass is 208 g/mol. The van der Waals surface area contributed by atoms with Crippen LogP contribution in [0.1, 0.15) is 25.7 Å². The van der Waals surface area contributed by atoms with E-state index in [-0.39, 0.29) is 0 Å². The molecule has 2 N–H and O–H groups in total. The lowest BCUT2D eigenvalue weighted by Gasteiger charge is -2.36. The number of guanidine groups is 1. The number of piperidine rings is 1. The molecule has 0 saturated carbocycles. The molecular weight excluding hydrogens is 188 g/mol. The van der Waals surface area contributed by atoms with Gasteiger partial charge in [-0.15, -0.1) is 0 Å². The molecule has 3 aliphatic rings. The smallest absolute Gasteiger partial charge is 0.194 e. The Balaban J connectivity index is 1.66. The minimum absolute atomic E-state index is 0.688. The lowest BCUT2D eigenvalue weighted by atomic mass is 9.99. The molecule has 0 aromatic carbocycles. The van der Waals surface area contributed by atoms with Crippen LogP contribution in [0, 0.1) is 0 Å². The van der Waals surface area contributed by atoms with Gasteiger partial charge in [0.2, 0.25) is 0 Å². The van der Waals surface area contributed by atoms with E-state index in [9.17, 15) is 0 Å². The first-order valence-corrected chi connectivity index (χ1v) is 6.10. The number of nitrogens with zero attached hydrogens (tertiary/aromatic N) is 2. The molecule has 0 aromatic heterocycles. The van der Waals surface area contributed by atoms with Gasteiger partial charge < -0.3 is 15.5 Å². The summed E-state index contributed by atoms with van der Waals surface area (Å²) in [6.07, 6.45) is 5.31. The molecule has 3 aliphatic heterocycles. The molecule has 0 amide bonds. The molecule has 15 heavy (non-hydrogen) atoms. The summed E-state index contributed by atoms with van der Waals surface area (Å²) < 4.78 is 0. The van der Waals surface area contributed by atoms with Crippen LogP contribution in [0.15, 0.2) is 4.99 Å². The van der Waals surface area contributed by atoms with Crippen molar-refractivity contribution in [3.63, 3.8) is 0 Å². The molecule has 0 spiro atoms. The molecule has 3 rings (SSSR count). The first-order valence-electron chi connectivity index (χ1n) is 6.10. The van der Waals surface area contributed by atoms with Gasteiger partial charge in [0, 0.05) is 31.7 Å². The minimum Gasteiger partial charge on any atom is -0.354 e. The Bertz CT molecular complexity index is 264. The predicted molar refractivity (Wildman–Crippen MR) is 61.0 cm³/mol. The summed E-state index contributed by atoms with van der Waals surface area (Å²) >= 11 is 0. The molecule has 2 unspecified atom stereocenters. The maximum absolute atomic E-state index is 4.49. The van der Waals surface area contributed by atoms with E-state index in [4.69, 9.17) is 0 Å². The van der Waals surface area contributed by atoms with E-state index in [2.05, 4.69) is 27.6 Å². The van der Waals surface area contributed by atoms with Gasteiger partial charge in [-0.25, -0.2) is 0 Å². The summed E-state index contributed by atoms with van der Waals surface area (Å²) in [6, 6.07) is 2.21. The van der Waals surface area contributed by atoms with E-state index in [0.29, 0.717) is 6.04 Å². The van der Waals surface area contributed by atoms with Crippen molar-refractivity contribution < 1.29 is 0 Å². The third kappa shape index (κ3) is 1.71. The highest BCUT2D eigenvalue weighted by Crippen LogP contribution is 2.29. The number of fused-ring (bicyclic) bond motifs is 2. The highest BCUT2D eigenvalue weighted by atomic mass is 15.3. The zero-order valence-electron chi connectivity index (χ0n) is 9.37. The summed E-state index contributed by atoms with van der Waals surface area (Å²) in [4.78, 5) is 6.85. The second-order valence-corrected chi connectivity index (χ2v) is 5.01. The third-order valence-electron chi connectivity index (χ3n) is 3.99. The highest BCUT2D eigenvalue weighted by Gasteiger charge is 2.36. The molecule has 2 fully saturated rings. The Morgan fingerprint density at radius 2 is 2.00 bits per heavy atom. The fourth-order valence-electron chi connectivity index (χ4n) is 3.14. The molecule has 0 radical (unpaired) electrons. The molecular formula is C11H20N4. The normalized spacial score (nSPS) is 38.7. The van der Waals surface area contributed by atoms with Crippen molar-refractivity contribution in [2.24, 2.45) is 4.99 Å². The van der Waals surface area contributed by atoms with Gasteiger partial charge in [-0.2, -0.15) is 0 Å². The molecule has 0 aromatic rings. The third-order valence-corrected chi connectivity index (χ3v) is 3.99. The van der Waals surface area contributed by atoms with Gasteiger partial charge in [-0.3, -0.25) is 4.99 Å². The van der Waals surface area contributed by atoms with E-state index in [1.54, 1.807) is 0 Å². The fraction of sp³-hybridized carbons (Fsp3) is 0.909. The zero-order chi connectivity index (χ0) is 10.3. The number of rotatable bonds is 1. The summed E-state index contributed by atoms with van der Waals surface area (Å²) in [6.45, 7) is 1.95. The average Bonchev–Trinajstić information content (AvgIpc) is 2.87. The van der Waals surface area contributed by atoms with Gasteiger partial charge in [0.15, 0.2) is 5.96 Å². The Kier molecular flexibility index (Phi) is 2.31. The SMILES string of the molecule is CN(C1=NCCN1)C1CC2CCC(C1)N2. The number of hydrogen-bond acceptors (Lipinski definition) is 4. The summed E-state index contributed by atoms with van der Waals surface area (Å²) in [5, 5.41) is 7.04. The van der Waals surface area contributed by atoms with Gasteiger partial charge in [0.1, 0.15) is 0 Å². The van der Waals surface area contributed by atoms with Gasteiger partial charge >= 0.3 is 0 Å². The summed E-state index contributed by atoms with van der Waals surface area (Å²) in [7, 11) is 2.19. The lowest BCUT2D eigenvalue weighted by Crippen LogP contribution is -2.50. The van der Waals surface area contributed by atoms with Gasteiger partial charge in [-0.1, -0.05) is 0 Å². The van der Waals surface area contributed by atoms with E-state index in [0.717, 1.165) is 31.1 Å². The first kappa shape index (κ1) is 9.46. The lowest BCUT2D eigenvalue weighted by molar-refractivity contribution is 0.240. The standard InChI is InChI=1S/C11H20N4/c1-15(11-12-4-5-13-11)10-6-8-2-3-9(7-10)14-8/h8-10,14H,2-7H2,1H3,(H,12,13). The van der Waals surface area contributed by atoms with Crippen LogP contribution in [0.3, 0.4) is 0 Å². The van der Waals surface area contributed by atoms with Gasteiger partial charge in [0.05, 0.1) is 6.54 Å². The average molecular weight is 208 g/mol. The molecule has 3 heterocycles. The Morgan fingerprint density at radius 1 is 1.27 bits per heavy atom. The molecule has 2 saturated heterocycles. The van der Waals surface area contributed by atoms with Crippen molar-refractivity contribution in [3.8, 4) is 0 Å². The number of hydrogen-bond donors (Lipinski definition) is 2. The van der Waals surface area contributed by atoms with Crippen LogP contribution in [0.25, 0.3) is 0 Å². The van der Waals surface area contributed by atoms with Crippen LogP contribution in [0.4, 0.5) is 0 Å². The first-order chi connectivity index (χ1) is 7.33. The molecule has 4 nitrogen and oxygen atoms in total. The molecule has 0 aliphatic carbocycles. The van der Waals surface area contributed by atoms with E-state index in [1.165, 1.54) is 25.7 Å². The maximum atomic E-state index is 4.49. The molecule has 4 heteroatoms. The van der Waals surface area contributed by atoms with Crippen molar-refractivity contribution >= 4 is 5.96 Å². The predicted octanol–water partition coefficient (Wildman–Crippen LogP) is 0.160. The Hall–Kier alpha value is -0.770. The summed E-state index contributed by atoms with van der Waals surface area (Å²) in [5.74, 6) is 1.11. The fourth-order valence-corrected chi connectivity index (χ4v) is 3.14. The number of nitrogens with one attached hydrogen (secondary N) is 2. The Labute approximate surface area is 91.1 Å². The van der Waals surface area contributed by atoms with Crippen molar-refractivity contribution in [1.29, 1.82) is 0 Å². The molecule has 2 bridgehead atoms. The highest BCUT2D eigenvalue weighted by molar-refractivity contribution is 5.81. The van der Waals surface area contributed by atoms with Crippen LogP contribution in [-0.4, -0.2) is 49.1 Å². The van der Waals surface area contributed by atoms with Crippen molar-refractivity contribution in [1.82, 2.24) is 15.5 Å². The minimum atomic E-state index is 0.688. The maximum Gasteiger partial charge on any atom is 0.194 e. The quantitative estimate of drug-likeness (QED) is 0.645. The second-order valence-electron chi connectivity index (χ2n) is 5.01. The van der Waals surface area contributed by atoms with Gasteiger partial charge in [0.25, 0.3) is 0 Å². The van der Waals surface area contributed by atoms with Crippen molar-refractivity contribution in [2.75, 3.05) is 20.1 Å². The largest absolute Gasteiger partial charge is 0.354 e. The molecule has 84 valence electrons. The van der Waals surface area contributed by atoms with E-state index < -0.39 is 0 Å². The zero-order valence-corrected chi connectivity index (χ0v) is 9.37. The van der Waals surface area contributed by atoms with Crippen LogP contribution < -0.4 is 10.6 Å². The Morgan fingerprint density at radius 3 is 2.60 bits per heavy atom. The van der Waals surface area contributed by atoms with Crippen LogP contribution >= 0.6 is 0 Å². The molecule has 2 atom stereocenters. The van der Waals surface area contributed by atoms with Crippen molar-refractivity contribution in [2.45, 2.75) is 43.8 Å². The number of aliphatic imine (C=N–C) groups is 1. The van der Waals surface area contributed by atoms with Crippen LogP contribution in [-0.2, 0) is 0 Å². The van der Waals surface area contributed by atoms with Crippen molar-refractivity contribution in [3.05, 3.63) is 0 Å².